The molecule has 8 nitrogen and oxygen atoms in total. The summed E-state index contributed by atoms with van der Waals surface area (Å²) in [6.45, 7) is 2.48. The van der Waals surface area contributed by atoms with Gasteiger partial charge in [-0.05, 0) is 19.8 Å². The first-order valence-electron chi connectivity index (χ1n) is 10.6. The molecule has 0 aliphatic carbocycles. The van der Waals surface area contributed by atoms with E-state index in [0.29, 0.717) is 55.3 Å². The molecule has 0 unspecified atom stereocenters. The van der Waals surface area contributed by atoms with Gasteiger partial charge in [-0.15, -0.1) is 0 Å². The lowest BCUT2D eigenvalue weighted by molar-refractivity contribution is -0.178. The first-order chi connectivity index (χ1) is 15.7. The summed E-state index contributed by atoms with van der Waals surface area (Å²) in [5.41, 5.74) is 0.521. The molecule has 1 aromatic rings. The van der Waals surface area contributed by atoms with Crippen molar-refractivity contribution in [3.63, 3.8) is 0 Å². The van der Waals surface area contributed by atoms with E-state index in [1.165, 1.54) is 28.4 Å². The highest BCUT2D eigenvalue weighted by molar-refractivity contribution is 5.69. The number of hydrogen-bond acceptors (Lipinski definition) is 8. The molecule has 0 radical (unpaired) electrons. The van der Waals surface area contributed by atoms with Gasteiger partial charge in [0.2, 0.25) is 0 Å². The third kappa shape index (κ3) is 10.5. The Kier molecular flexibility index (Phi) is 12.9. The SMILES string of the molecule is CCOC(=O)CCCCOc1cc(OC)c(CN[C@@H](CC(F)(F)F)C(OC)OC)c(OC)c1. The molecule has 0 amide bonds. The molecule has 11 heteroatoms. The van der Waals surface area contributed by atoms with Crippen molar-refractivity contribution in [1.82, 2.24) is 5.32 Å². The van der Waals surface area contributed by atoms with Gasteiger partial charge in [0.1, 0.15) is 17.2 Å². The second-order valence-electron chi connectivity index (χ2n) is 7.06. The third-order valence-corrected chi connectivity index (χ3v) is 4.72. The number of benzene rings is 1. The molecule has 1 atom stereocenters. The topological polar surface area (TPSA) is 84.5 Å². The van der Waals surface area contributed by atoms with Crippen molar-refractivity contribution in [3.8, 4) is 17.2 Å². The smallest absolute Gasteiger partial charge is 0.390 e. The maximum Gasteiger partial charge on any atom is 0.390 e. The number of esters is 1. The zero-order chi connectivity index (χ0) is 24.9. The van der Waals surface area contributed by atoms with E-state index in [1.807, 2.05) is 0 Å². The summed E-state index contributed by atoms with van der Waals surface area (Å²) >= 11 is 0. The van der Waals surface area contributed by atoms with Crippen molar-refractivity contribution in [2.75, 3.05) is 41.7 Å². The fourth-order valence-corrected chi connectivity index (χ4v) is 3.18. The predicted octanol–water partition coefficient (Wildman–Crippen LogP) is 3.85. The molecule has 0 saturated heterocycles. The predicted molar refractivity (Wildman–Crippen MR) is 115 cm³/mol. The van der Waals surface area contributed by atoms with Gasteiger partial charge in [0.25, 0.3) is 0 Å². The molecule has 1 aromatic carbocycles. The molecule has 0 saturated carbocycles. The van der Waals surface area contributed by atoms with E-state index in [-0.39, 0.29) is 12.5 Å². The molecule has 1 rings (SSSR count). The minimum atomic E-state index is -4.41. The lowest BCUT2D eigenvalue weighted by Gasteiger charge is -2.27. The van der Waals surface area contributed by atoms with Crippen LogP contribution in [0.15, 0.2) is 12.1 Å². The summed E-state index contributed by atoms with van der Waals surface area (Å²) in [7, 11) is 5.45. The van der Waals surface area contributed by atoms with Crippen LogP contribution in [0, 0.1) is 0 Å². The van der Waals surface area contributed by atoms with Crippen LogP contribution in [0.4, 0.5) is 13.2 Å². The van der Waals surface area contributed by atoms with E-state index in [9.17, 15) is 18.0 Å². The molecule has 0 heterocycles. The van der Waals surface area contributed by atoms with Crippen LogP contribution in [0.25, 0.3) is 0 Å². The van der Waals surface area contributed by atoms with Crippen molar-refractivity contribution in [2.24, 2.45) is 0 Å². The Labute approximate surface area is 192 Å². The number of carbonyl (C=O) groups excluding carboxylic acids is 1. The Balaban J connectivity index is 2.85. The van der Waals surface area contributed by atoms with Crippen molar-refractivity contribution in [2.45, 2.75) is 57.7 Å². The highest BCUT2D eigenvalue weighted by atomic mass is 19.4. The number of hydrogen-bond donors (Lipinski definition) is 1. The van der Waals surface area contributed by atoms with Crippen LogP contribution in [0.2, 0.25) is 0 Å². The van der Waals surface area contributed by atoms with Crippen molar-refractivity contribution >= 4 is 5.97 Å². The number of ether oxygens (including phenoxy) is 6. The van der Waals surface area contributed by atoms with Crippen LogP contribution in [-0.2, 0) is 25.5 Å². The fourth-order valence-electron chi connectivity index (χ4n) is 3.18. The van der Waals surface area contributed by atoms with Crippen LogP contribution in [-0.4, -0.2) is 66.1 Å². The quantitative estimate of drug-likeness (QED) is 0.217. The molecule has 0 aromatic heterocycles. The summed E-state index contributed by atoms with van der Waals surface area (Å²) in [6.07, 6.45) is -5.07. The zero-order valence-electron chi connectivity index (χ0n) is 19.8. The van der Waals surface area contributed by atoms with Gasteiger partial charge >= 0.3 is 12.1 Å². The minimum Gasteiger partial charge on any atom is -0.496 e. The number of halogens is 3. The van der Waals surface area contributed by atoms with Crippen LogP contribution in [0.3, 0.4) is 0 Å². The Morgan fingerprint density at radius 1 is 1.03 bits per heavy atom. The van der Waals surface area contributed by atoms with Gasteiger partial charge in [0.05, 0.1) is 45.5 Å². The lowest BCUT2D eigenvalue weighted by Crippen LogP contribution is -2.44. The van der Waals surface area contributed by atoms with Crippen molar-refractivity contribution < 1.29 is 46.4 Å². The van der Waals surface area contributed by atoms with Gasteiger partial charge in [-0.25, -0.2) is 0 Å². The summed E-state index contributed by atoms with van der Waals surface area (Å²) < 4.78 is 70.6. The van der Waals surface area contributed by atoms with Gasteiger partial charge in [-0.1, -0.05) is 0 Å². The molecule has 0 aliphatic heterocycles. The van der Waals surface area contributed by atoms with Gasteiger partial charge in [-0.3, -0.25) is 4.79 Å². The molecule has 33 heavy (non-hydrogen) atoms. The highest BCUT2D eigenvalue weighted by Crippen LogP contribution is 2.35. The minimum absolute atomic E-state index is 0.0101. The van der Waals surface area contributed by atoms with Gasteiger partial charge in [0, 0.05) is 39.3 Å². The molecule has 0 bridgehead atoms. The molecule has 1 N–H and O–H groups in total. The van der Waals surface area contributed by atoms with Crippen molar-refractivity contribution in [3.05, 3.63) is 17.7 Å². The average Bonchev–Trinajstić information content (AvgIpc) is 2.76. The van der Waals surface area contributed by atoms with Gasteiger partial charge < -0.3 is 33.7 Å². The summed E-state index contributed by atoms with van der Waals surface area (Å²) in [4.78, 5) is 11.4. The lowest BCUT2D eigenvalue weighted by atomic mass is 10.1. The Morgan fingerprint density at radius 3 is 2.12 bits per heavy atom. The Bertz CT molecular complexity index is 687. The fraction of sp³-hybridized carbons (Fsp3) is 0.682. The second kappa shape index (κ2) is 14.8. The molecule has 0 spiro atoms. The van der Waals surface area contributed by atoms with Gasteiger partial charge in [0.15, 0.2) is 6.29 Å². The van der Waals surface area contributed by atoms with Gasteiger partial charge in [-0.2, -0.15) is 13.2 Å². The van der Waals surface area contributed by atoms with E-state index < -0.39 is 24.9 Å². The molecule has 0 aliphatic rings. The zero-order valence-corrected chi connectivity index (χ0v) is 19.8. The Morgan fingerprint density at radius 2 is 1.64 bits per heavy atom. The number of carbonyl (C=O) groups is 1. The highest BCUT2D eigenvalue weighted by Gasteiger charge is 2.36. The van der Waals surface area contributed by atoms with Crippen LogP contribution >= 0.6 is 0 Å². The van der Waals surface area contributed by atoms with E-state index >= 15 is 0 Å². The largest absolute Gasteiger partial charge is 0.496 e. The molecule has 0 fully saturated rings. The second-order valence-corrected chi connectivity index (χ2v) is 7.06. The van der Waals surface area contributed by atoms with Crippen molar-refractivity contribution in [1.29, 1.82) is 0 Å². The summed E-state index contributed by atoms with van der Waals surface area (Å²) in [5.74, 6) is 1.01. The van der Waals surface area contributed by atoms with Crippen LogP contribution in [0.1, 0.15) is 38.2 Å². The maximum absolute atomic E-state index is 13.0. The molecular formula is C22H34F3NO7. The number of nitrogens with one attached hydrogen (secondary N) is 1. The number of rotatable bonds is 16. The first kappa shape index (κ1) is 28.8. The first-order valence-corrected chi connectivity index (χ1v) is 10.6. The van der Waals surface area contributed by atoms with Crippen LogP contribution < -0.4 is 19.5 Å². The molecule has 190 valence electrons. The molecular weight excluding hydrogens is 447 g/mol. The maximum atomic E-state index is 13.0. The van der Waals surface area contributed by atoms with E-state index in [4.69, 9.17) is 28.4 Å². The normalized spacial score (nSPS) is 12.5. The summed E-state index contributed by atoms with van der Waals surface area (Å²) in [5, 5.41) is 2.83. The number of methoxy groups -OCH3 is 4. The van der Waals surface area contributed by atoms with Crippen LogP contribution in [0.5, 0.6) is 17.2 Å². The monoisotopic (exact) mass is 481 g/mol. The Hall–Kier alpha value is -2.24. The summed E-state index contributed by atoms with van der Waals surface area (Å²) in [6, 6.07) is 2.12. The standard InChI is InChI=1S/C22H34F3NO7/c1-6-32-20(27)9-7-8-10-33-15-11-18(28-2)16(19(12-15)29-3)14-26-17(13-22(23,24)25)21(30-4)31-5/h11-12,17,21,26H,6-10,13-14H2,1-5H3/t17-/m0/s1. The average molecular weight is 482 g/mol. The van der Waals surface area contributed by atoms with E-state index in [1.54, 1.807) is 19.1 Å². The number of alkyl halides is 3. The third-order valence-electron chi connectivity index (χ3n) is 4.72. The van der Waals surface area contributed by atoms with E-state index in [2.05, 4.69) is 5.32 Å². The number of unbranched alkanes of at least 4 members (excludes halogenated alkanes) is 1. The van der Waals surface area contributed by atoms with E-state index in [0.717, 1.165) is 0 Å².